The molecular weight excluding hydrogens is 554 g/mol. The van der Waals surface area contributed by atoms with Crippen LogP contribution in [-0.2, 0) is 6.42 Å². The molecule has 0 N–H and O–H groups in total. The number of nitro groups is 1. The maximum atomic E-state index is 13.0. The van der Waals surface area contributed by atoms with E-state index >= 15 is 0 Å². The third-order valence-electron chi connectivity index (χ3n) is 8.24. The summed E-state index contributed by atoms with van der Waals surface area (Å²) in [6.45, 7) is 5.15. The summed E-state index contributed by atoms with van der Waals surface area (Å²) in [5, 5.41) is 11.8. The van der Waals surface area contributed by atoms with Crippen molar-refractivity contribution < 1.29 is 23.9 Å². The first-order chi connectivity index (χ1) is 21.5. The molecule has 1 aliphatic heterocycles. The monoisotopic (exact) mass is 601 g/mol. The third kappa shape index (κ3) is 9.83. The van der Waals surface area contributed by atoms with E-state index in [1.54, 1.807) is 18.2 Å². The van der Waals surface area contributed by atoms with E-state index in [0.29, 0.717) is 17.7 Å². The van der Waals surface area contributed by atoms with E-state index in [2.05, 4.69) is 13.8 Å². The average Bonchev–Trinajstić information content (AvgIpc) is 3.44. The minimum Gasteiger partial charge on any atom is -0.494 e. The van der Waals surface area contributed by atoms with Crippen molar-refractivity contribution in [2.45, 2.75) is 110 Å². The molecule has 0 bridgehead atoms. The lowest BCUT2D eigenvalue weighted by Crippen LogP contribution is -2.12. The topological polar surface area (TPSA) is 87.9 Å². The predicted octanol–water partition coefficient (Wildman–Crippen LogP) is 10.3. The van der Waals surface area contributed by atoms with Gasteiger partial charge in [-0.2, -0.15) is 0 Å². The second-order valence-corrected chi connectivity index (χ2v) is 11.8. The third-order valence-corrected chi connectivity index (χ3v) is 8.24. The number of esters is 1. The second kappa shape index (κ2) is 17.4. The van der Waals surface area contributed by atoms with E-state index in [4.69, 9.17) is 14.2 Å². The zero-order valence-electron chi connectivity index (χ0n) is 26.4. The minimum absolute atomic E-state index is 0.00442. The fraction of sp³-hybridized carbons (Fsp3) is 0.486. The second-order valence-electron chi connectivity index (χ2n) is 11.8. The summed E-state index contributed by atoms with van der Waals surface area (Å²) in [5.41, 5.74) is 2.83. The molecule has 1 heterocycles. The van der Waals surface area contributed by atoms with Gasteiger partial charge in [0.05, 0.1) is 23.2 Å². The maximum absolute atomic E-state index is 13.0. The number of hydrogen-bond donors (Lipinski definition) is 0. The molecule has 3 aromatic carbocycles. The summed E-state index contributed by atoms with van der Waals surface area (Å²) < 4.78 is 17.5. The number of benzene rings is 3. The molecule has 3 aromatic rings. The smallest absolute Gasteiger partial charge is 0.343 e. The molecule has 44 heavy (non-hydrogen) atoms. The molecule has 0 saturated heterocycles. The lowest BCUT2D eigenvalue weighted by Gasteiger charge is -2.10. The Balaban J connectivity index is 1.30. The lowest BCUT2D eigenvalue weighted by molar-refractivity contribution is -0.385. The van der Waals surface area contributed by atoms with Gasteiger partial charge in [-0.25, -0.2) is 4.79 Å². The summed E-state index contributed by atoms with van der Waals surface area (Å²) in [6, 6.07) is 18.0. The van der Waals surface area contributed by atoms with E-state index in [9.17, 15) is 14.9 Å². The van der Waals surface area contributed by atoms with Crippen LogP contribution in [0.3, 0.4) is 0 Å². The Morgan fingerprint density at radius 2 is 1.41 bits per heavy atom. The number of unbranched alkanes of at least 4 members (excludes halogenated alkanes) is 10. The van der Waals surface area contributed by atoms with Gasteiger partial charge in [-0.15, -0.1) is 0 Å². The van der Waals surface area contributed by atoms with Crippen molar-refractivity contribution in [3.63, 3.8) is 0 Å². The lowest BCUT2D eigenvalue weighted by atomic mass is 10.0. The zero-order chi connectivity index (χ0) is 31.1. The molecule has 0 aromatic heterocycles. The number of carbonyl (C=O) groups excluding carboxylic acids is 1. The number of nitro benzene ring substituents is 1. The summed E-state index contributed by atoms with van der Waals surface area (Å²) in [4.78, 5) is 24.3. The average molecular weight is 602 g/mol. The Hall–Kier alpha value is -3.87. The minimum atomic E-state index is -0.638. The molecule has 0 saturated carbocycles. The van der Waals surface area contributed by atoms with Crippen LogP contribution in [0, 0.1) is 10.1 Å². The van der Waals surface area contributed by atoms with Crippen LogP contribution in [0.2, 0.25) is 0 Å². The molecule has 4 rings (SSSR count). The molecule has 0 aliphatic carbocycles. The summed E-state index contributed by atoms with van der Waals surface area (Å²) in [5.74, 6) is 0.664. The highest BCUT2D eigenvalue weighted by atomic mass is 16.6. The SMILES string of the molecule is CCCCCCCCOc1ccc(-c2ccc(C(=O)Oc3cc4c(cc3[N+](=O)[O-])OC(CCCCCCCC)C4)cc2)cc1. The van der Waals surface area contributed by atoms with Crippen LogP contribution < -0.4 is 14.2 Å². The molecule has 0 radical (unpaired) electrons. The Kier molecular flexibility index (Phi) is 13.1. The van der Waals surface area contributed by atoms with Crippen LogP contribution in [0.15, 0.2) is 60.7 Å². The Morgan fingerprint density at radius 3 is 2.05 bits per heavy atom. The zero-order valence-corrected chi connectivity index (χ0v) is 26.4. The number of nitrogens with zero attached hydrogens (tertiary/aromatic N) is 1. The highest BCUT2D eigenvalue weighted by Crippen LogP contribution is 2.40. The van der Waals surface area contributed by atoms with Crippen LogP contribution in [0.4, 0.5) is 5.69 Å². The summed E-state index contributed by atoms with van der Waals surface area (Å²) in [6.07, 6.45) is 16.1. The van der Waals surface area contributed by atoms with Gasteiger partial charge in [0.2, 0.25) is 5.75 Å². The van der Waals surface area contributed by atoms with Gasteiger partial charge in [0, 0.05) is 12.0 Å². The van der Waals surface area contributed by atoms with Gasteiger partial charge in [-0.1, -0.05) is 102 Å². The van der Waals surface area contributed by atoms with Gasteiger partial charge in [-0.3, -0.25) is 10.1 Å². The van der Waals surface area contributed by atoms with Crippen LogP contribution in [-0.4, -0.2) is 23.6 Å². The summed E-state index contributed by atoms with van der Waals surface area (Å²) in [7, 11) is 0. The molecule has 0 amide bonds. The first-order valence-electron chi connectivity index (χ1n) is 16.5. The van der Waals surface area contributed by atoms with Crippen LogP contribution >= 0.6 is 0 Å². The number of carbonyl (C=O) groups is 1. The van der Waals surface area contributed by atoms with E-state index < -0.39 is 10.9 Å². The summed E-state index contributed by atoms with van der Waals surface area (Å²) >= 11 is 0. The molecule has 0 fully saturated rings. The van der Waals surface area contributed by atoms with Crippen LogP contribution in [0.1, 0.15) is 113 Å². The Labute approximate surface area is 262 Å². The predicted molar refractivity (Wildman–Crippen MR) is 175 cm³/mol. The number of rotatable bonds is 19. The van der Waals surface area contributed by atoms with Crippen molar-refractivity contribution in [3.05, 3.63) is 81.9 Å². The molecule has 7 nitrogen and oxygen atoms in total. The molecule has 1 atom stereocenters. The number of fused-ring (bicyclic) bond motifs is 1. The van der Waals surface area contributed by atoms with Crippen molar-refractivity contribution in [2.24, 2.45) is 0 Å². The normalized spacial score (nSPS) is 13.7. The van der Waals surface area contributed by atoms with E-state index in [0.717, 1.165) is 54.7 Å². The molecule has 1 aliphatic rings. The van der Waals surface area contributed by atoms with Crippen molar-refractivity contribution in [1.29, 1.82) is 0 Å². The molecule has 7 heteroatoms. The molecule has 1 unspecified atom stereocenters. The van der Waals surface area contributed by atoms with Gasteiger partial charge in [-0.05, 0) is 60.7 Å². The molecular formula is C37H47NO6. The first-order valence-corrected chi connectivity index (χ1v) is 16.5. The molecule has 0 spiro atoms. The van der Waals surface area contributed by atoms with Crippen molar-refractivity contribution >= 4 is 11.7 Å². The number of ether oxygens (including phenoxy) is 3. The van der Waals surface area contributed by atoms with Crippen molar-refractivity contribution in [3.8, 4) is 28.4 Å². The maximum Gasteiger partial charge on any atom is 0.343 e. The van der Waals surface area contributed by atoms with E-state index in [-0.39, 0.29) is 17.5 Å². The fourth-order valence-electron chi connectivity index (χ4n) is 5.64. The first kappa shape index (κ1) is 33.0. The Morgan fingerprint density at radius 1 is 0.818 bits per heavy atom. The highest BCUT2D eigenvalue weighted by molar-refractivity contribution is 5.92. The van der Waals surface area contributed by atoms with Crippen molar-refractivity contribution in [2.75, 3.05) is 6.61 Å². The van der Waals surface area contributed by atoms with Gasteiger partial charge in [0.15, 0.2) is 0 Å². The Bertz CT molecular complexity index is 1340. The van der Waals surface area contributed by atoms with E-state index in [1.807, 2.05) is 36.4 Å². The van der Waals surface area contributed by atoms with Gasteiger partial charge >= 0.3 is 11.7 Å². The van der Waals surface area contributed by atoms with Crippen LogP contribution in [0.5, 0.6) is 17.2 Å². The quantitative estimate of drug-likeness (QED) is 0.0446. The largest absolute Gasteiger partial charge is 0.494 e. The fourth-order valence-corrected chi connectivity index (χ4v) is 5.64. The molecule has 236 valence electrons. The van der Waals surface area contributed by atoms with Gasteiger partial charge in [0.25, 0.3) is 0 Å². The van der Waals surface area contributed by atoms with Gasteiger partial charge in [0.1, 0.15) is 17.6 Å². The highest BCUT2D eigenvalue weighted by Gasteiger charge is 2.29. The van der Waals surface area contributed by atoms with Crippen molar-refractivity contribution in [1.82, 2.24) is 0 Å². The van der Waals surface area contributed by atoms with Crippen LogP contribution in [0.25, 0.3) is 11.1 Å². The van der Waals surface area contributed by atoms with Gasteiger partial charge < -0.3 is 14.2 Å². The van der Waals surface area contributed by atoms with E-state index in [1.165, 1.54) is 63.9 Å². The number of hydrogen-bond acceptors (Lipinski definition) is 6. The standard InChI is InChI=1S/C37H47NO6/c1-3-5-7-9-11-13-15-33-25-31-26-36(34(38(40)41)27-35(31)43-33)44-37(39)30-18-16-28(17-19-30)29-20-22-32(23-21-29)42-24-14-12-10-8-6-4-2/h16-23,26-27,33H,3-15,24-25H2,1-2H3.